The summed E-state index contributed by atoms with van der Waals surface area (Å²) in [6.45, 7) is -0.640. The van der Waals surface area contributed by atoms with Gasteiger partial charge in [0.25, 0.3) is 0 Å². The molecule has 4 N–H and O–H groups in total. The molecule has 0 spiro atoms. The van der Waals surface area contributed by atoms with Crippen LogP contribution in [0, 0.1) is 0 Å². The van der Waals surface area contributed by atoms with Gasteiger partial charge in [-0.1, -0.05) is 12.1 Å². The number of aromatic nitrogens is 2. The Morgan fingerprint density at radius 3 is 2.39 bits per heavy atom. The second-order valence-corrected chi connectivity index (χ2v) is 3.97. The number of hydrogen-bond donors (Lipinski definition) is 4. The van der Waals surface area contributed by atoms with Crippen LogP contribution in [0.3, 0.4) is 0 Å². The third kappa shape index (κ3) is 2.46. The summed E-state index contributed by atoms with van der Waals surface area (Å²) in [5.41, 5.74) is 1.40. The molecule has 1 aromatic carbocycles. The molecular formula is C12H14N2O4. The highest BCUT2D eigenvalue weighted by Crippen LogP contribution is 2.18. The highest BCUT2D eigenvalue weighted by atomic mass is 16.4. The Bertz CT molecular complexity index is 534. The fourth-order valence-corrected chi connectivity index (χ4v) is 1.61. The molecule has 1 aromatic heterocycles. The van der Waals surface area contributed by atoms with Crippen LogP contribution in [0.25, 0.3) is 11.0 Å². The maximum absolute atomic E-state index is 9.83. The first-order valence-electron chi connectivity index (χ1n) is 5.50. The van der Waals surface area contributed by atoms with Crippen molar-refractivity contribution in [1.82, 2.24) is 9.97 Å². The summed E-state index contributed by atoms with van der Waals surface area (Å²) < 4.78 is 0. The molecule has 0 saturated heterocycles. The predicted octanol–water partition coefficient (Wildman–Crippen LogP) is -0.623. The van der Waals surface area contributed by atoms with Crippen molar-refractivity contribution in [2.75, 3.05) is 6.61 Å². The van der Waals surface area contributed by atoms with Crippen LogP contribution in [-0.2, 0) is 0 Å². The van der Waals surface area contributed by atoms with Gasteiger partial charge in [-0.2, -0.15) is 0 Å². The topological polar surface area (TPSA) is 107 Å². The molecule has 6 heteroatoms. The minimum Gasteiger partial charge on any atom is -0.394 e. The van der Waals surface area contributed by atoms with Crippen molar-refractivity contribution in [3.63, 3.8) is 0 Å². The second kappa shape index (κ2) is 5.36. The van der Waals surface area contributed by atoms with Crippen LogP contribution in [0.15, 0.2) is 30.5 Å². The molecular weight excluding hydrogens is 236 g/mol. The molecule has 2 aromatic rings. The molecule has 2 rings (SSSR count). The SMILES string of the molecule is OCC(O)C(O)C(O)c1cnc2ccccc2n1. The fourth-order valence-electron chi connectivity index (χ4n) is 1.61. The van der Waals surface area contributed by atoms with Crippen molar-refractivity contribution in [2.24, 2.45) is 0 Å². The van der Waals surface area contributed by atoms with E-state index in [0.717, 1.165) is 0 Å². The highest BCUT2D eigenvalue weighted by molar-refractivity contribution is 5.73. The van der Waals surface area contributed by atoms with Crippen molar-refractivity contribution >= 4 is 11.0 Å². The summed E-state index contributed by atoms with van der Waals surface area (Å²) in [4.78, 5) is 8.24. The van der Waals surface area contributed by atoms with Gasteiger partial charge < -0.3 is 20.4 Å². The van der Waals surface area contributed by atoms with Gasteiger partial charge in [0.1, 0.15) is 18.3 Å². The van der Waals surface area contributed by atoms with E-state index in [9.17, 15) is 15.3 Å². The fraction of sp³-hybridized carbons (Fsp3) is 0.333. The van der Waals surface area contributed by atoms with Gasteiger partial charge in [0, 0.05) is 0 Å². The zero-order chi connectivity index (χ0) is 13.1. The van der Waals surface area contributed by atoms with Gasteiger partial charge in [0.05, 0.1) is 29.5 Å². The molecule has 0 aliphatic carbocycles. The zero-order valence-corrected chi connectivity index (χ0v) is 9.51. The van der Waals surface area contributed by atoms with E-state index in [1.54, 1.807) is 18.2 Å². The normalized spacial score (nSPS) is 16.4. The summed E-state index contributed by atoms with van der Waals surface area (Å²) in [6.07, 6.45) is -3.00. The summed E-state index contributed by atoms with van der Waals surface area (Å²) in [5, 5.41) is 37.4. The molecule has 0 radical (unpaired) electrons. The Balaban J connectivity index is 2.30. The van der Waals surface area contributed by atoms with Crippen molar-refractivity contribution < 1.29 is 20.4 Å². The lowest BCUT2D eigenvalue weighted by Gasteiger charge is -2.20. The van der Waals surface area contributed by atoms with E-state index in [2.05, 4.69) is 9.97 Å². The lowest BCUT2D eigenvalue weighted by Crippen LogP contribution is -2.35. The summed E-state index contributed by atoms with van der Waals surface area (Å²) in [7, 11) is 0. The number of para-hydroxylation sites is 2. The quantitative estimate of drug-likeness (QED) is 0.576. The Hall–Kier alpha value is -1.60. The molecule has 3 atom stereocenters. The maximum Gasteiger partial charge on any atom is 0.126 e. The second-order valence-electron chi connectivity index (χ2n) is 3.97. The van der Waals surface area contributed by atoms with Gasteiger partial charge in [-0.05, 0) is 12.1 Å². The number of fused-ring (bicyclic) bond motifs is 1. The molecule has 0 bridgehead atoms. The summed E-state index contributed by atoms with van der Waals surface area (Å²) >= 11 is 0. The van der Waals surface area contributed by atoms with Gasteiger partial charge in [0.2, 0.25) is 0 Å². The zero-order valence-electron chi connectivity index (χ0n) is 9.51. The Morgan fingerprint density at radius 1 is 1.06 bits per heavy atom. The highest BCUT2D eigenvalue weighted by Gasteiger charge is 2.26. The minimum absolute atomic E-state index is 0.147. The van der Waals surface area contributed by atoms with Crippen LogP contribution in [0.2, 0.25) is 0 Å². The molecule has 0 aliphatic heterocycles. The van der Waals surface area contributed by atoms with E-state index >= 15 is 0 Å². The van der Waals surface area contributed by atoms with Gasteiger partial charge in [-0.25, -0.2) is 4.98 Å². The predicted molar refractivity (Wildman–Crippen MR) is 63.6 cm³/mol. The van der Waals surface area contributed by atoms with Crippen LogP contribution >= 0.6 is 0 Å². The van der Waals surface area contributed by atoms with Crippen LogP contribution in [-0.4, -0.2) is 49.2 Å². The average Bonchev–Trinajstić information content (AvgIpc) is 2.44. The molecule has 0 fully saturated rings. The first-order valence-corrected chi connectivity index (χ1v) is 5.50. The standard InChI is InChI=1S/C12H14N2O4/c15-6-10(16)12(18)11(17)9-5-13-7-3-1-2-4-8(7)14-9/h1-5,10-12,15-18H,6H2. The molecule has 0 saturated carbocycles. The number of rotatable bonds is 4. The van der Waals surface area contributed by atoms with Crippen LogP contribution in [0.5, 0.6) is 0 Å². The first kappa shape index (κ1) is 12.8. The number of aliphatic hydroxyl groups excluding tert-OH is 4. The summed E-state index contributed by atoms with van der Waals surface area (Å²) in [6, 6.07) is 7.11. The minimum atomic E-state index is -1.51. The lowest BCUT2D eigenvalue weighted by atomic mass is 10.1. The summed E-state index contributed by atoms with van der Waals surface area (Å²) in [5.74, 6) is 0. The van der Waals surface area contributed by atoms with Gasteiger partial charge in [-0.3, -0.25) is 4.98 Å². The number of aliphatic hydroxyl groups is 4. The Labute approximate surface area is 103 Å². The van der Waals surface area contributed by atoms with E-state index in [0.29, 0.717) is 11.0 Å². The number of benzene rings is 1. The molecule has 3 unspecified atom stereocenters. The molecule has 1 heterocycles. The van der Waals surface area contributed by atoms with Gasteiger partial charge in [0.15, 0.2) is 0 Å². The lowest BCUT2D eigenvalue weighted by molar-refractivity contribution is -0.0789. The van der Waals surface area contributed by atoms with E-state index in [4.69, 9.17) is 5.11 Å². The third-order valence-electron chi connectivity index (χ3n) is 2.67. The van der Waals surface area contributed by atoms with Crippen LogP contribution in [0.4, 0.5) is 0 Å². The van der Waals surface area contributed by atoms with E-state index < -0.39 is 24.9 Å². The van der Waals surface area contributed by atoms with Crippen molar-refractivity contribution in [3.8, 4) is 0 Å². The van der Waals surface area contributed by atoms with Crippen LogP contribution in [0.1, 0.15) is 11.8 Å². The number of nitrogens with zero attached hydrogens (tertiary/aromatic N) is 2. The average molecular weight is 250 g/mol. The van der Waals surface area contributed by atoms with Crippen molar-refractivity contribution in [1.29, 1.82) is 0 Å². The molecule has 0 amide bonds. The van der Waals surface area contributed by atoms with E-state index in [1.807, 2.05) is 6.07 Å². The van der Waals surface area contributed by atoms with Gasteiger partial charge in [-0.15, -0.1) is 0 Å². The Kier molecular flexibility index (Phi) is 3.83. The van der Waals surface area contributed by atoms with Crippen LogP contribution < -0.4 is 0 Å². The largest absolute Gasteiger partial charge is 0.394 e. The van der Waals surface area contributed by atoms with Crippen molar-refractivity contribution in [3.05, 3.63) is 36.2 Å². The molecule has 0 aliphatic rings. The first-order chi connectivity index (χ1) is 8.63. The van der Waals surface area contributed by atoms with E-state index in [1.165, 1.54) is 6.20 Å². The third-order valence-corrected chi connectivity index (χ3v) is 2.67. The number of hydrogen-bond acceptors (Lipinski definition) is 6. The van der Waals surface area contributed by atoms with Gasteiger partial charge >= 0.3 is 0 Å². The maximum atomic E-state index is 9.83. The molecule has 96 valence electrons. The Morgan fingerprint density at radius 2 is 1.72 bits per heavy atom. The molecule has 18 heavy (non-hydrogen) atoms. The molecule has 6 nitrogen and oxygen atoms in total. The monoisotopic (exact) mass is 250 g/mol. The van der Waals surface area contributed by atoms with E-state index in [-0.39, 0.29) is 5.69 Å². The smallest absolute Gasteiger partial charge is 0.126 e. The van der Waals surface area contributed by atoms with Crippen molar-refractivity contribution in [2.45, 2.75) is 18.3 Å².